The van der Waals surface area contributed by atoms with E-state index in [9.17, 15) is 4.79 Å². The van der Waals surface area contributed by atoms with Gasteiger partial charge in [-0.1, -0.05) is 22.8 Å². The summed E-state index contributed by atoms with van der Waals surface area (Å²) in [4.78, 5) is 20.4. The monoisotopic (exact) mass is 320 g/mol. The number of benzene rings is 1. The van der Waals surface area contributed by atoms with Crippen LogP contribution in [0.15, 0.2) is 28.8 Å². The van der Waals surface area contributed by atoms with E-state index in [1.165, 1.54) is 0 Å². The first-order valence-corrected chi connectivity index (χ1v) is 7.57. The van der Waals surface area contributed by atoms with E-state index in [0.29, 0.717) is 24.8 Å². The van der Waals surface area contributed by atoms with Gasteiger partial charge in [-0.25, -0.2) is 0 Å². The summed E-state index contributed by atoms with van der Waals surface area (Å²) in [6.45, 7) is 4.67. The Bertz CT molecular complexity index is 665. The molecule has 0 spiro atoms. The van der Waals surface area contributed by atoms with Gasteiger partial charge in [0.2, 0.25) is 11.8 Å². The largest absolute Gasteiger partial charge is 0.368 e. The molecule has 2 heterocycles. The van der Waals surface area contributed by atoms with Gasteiger partial charge in [-0.05, 0) is 25.1 Å². The summed E-state index contributed by atoms with van der Waals surface area (Å²) in [6.07, 6.45) is 0.165. The van der Waals surface area contributed by atoms with Crippen LogP contribution in [-0.2, 0) is 11.2 Å². The molecule has 3 rings (SSSR count). The van der Waals surface area contributed by atoms with Crippen LogP contribution in [0.25, 0.3) is 0 Å². The van der Waals surface area contributed by atoms with E-state index in [0.717, 1.165) is 23.8 Å². The Labute approximate surface area is 133 Å². The number of anilines is 1. The number of hydrogen-bond donors (Lipinski definition) is 0. The van der Waals surface area contributed by atoms with Gasteiger partial charge in [-0.2, -0.15) is 4.98 Å². The number of aromatic nitrogens is 2. The molecule has 22 heavy (non-hydrogen) atoms. The van der Waals surface area contributed by atoms with E-state index in [2.05, 4.69) is 15.0 Å². The Morgan fingerprint density at radius 2 is 2.09 bits per heavy atom. The van der Waals surface area contributed by atoms with Crippen LogP contribution in [0.5, 0.6) is 0 Å². The molecule has 1 fully saturated rings. The van der Waals surface area contributed by atoms with Crippen LogP contribution in [0.2, 0.25) is 5.02 Å². The van der Waals surface area contributed by atoms with Crippen LogP contribution in [0.3, 0.4) is 0 Å². The van der Waals surface area contributed by atoms with Gasteiger partial charge in [0.25, 0.3) is 0 Å². The number of rotatable bonds is 3. The number of piperazine rings is 1. The normalized spacial score (nSPS) is 15.2. The van der Waals surface area contributed by atoms with Gasteiger partial charge in [0.05, 0.1) is 0 Å². The van der Waals surface area contributed by atoms with E-state index in [-0.39, 0.29) is 12.3 Å². The van der Waals surface area contributed by atoms with Crippen LogP contribution in [-0.4, -0.2) is 47.1 Å². The van der Waals surface area contributed by atoms with Gasteiger partial charge in [0.15, 0.2) is 5.82 Å². The molecule has 1 aromatic carbocycles. The predicted molar refractivity (Wildman–Crippen MR) is 83.0 cm³/mol. The molecule has 1 aliphatic heterocycles. The lowest BCUT2D eigenvalue weighted by Crippen LogP contribution is -2.49. The molecule has 1 aliphatic rings. The molecule has 0 aliphatic carbocycles. The Morgan fingerprint density at radius 1 is 1.32 bits per heavy atom. The van der Waals surface area contributed by atoms with Gasteiger partial charge in [0.1, 0.15) is 6.42 Å². The number of halogens is 1. The summed E-state index contributed by atoms with van der Waals surface area (Å²) in [5.74, 6) is 0.947. The molecule has 1 amide bonds. The standard InChI is InChI=1S/C15H17ClN4O2/c1-11-17-14(22-18-11)10-15(21)20-7-5-19(6-8-20)13-4-2-3-12(16)9-13/h2-4,9H,5-8,10H2,1H3. The van der Waals surface area contributed by atoms with Gasteiger partial charge in [-0.3, -0.25) is 4.79 Å². The Balaban J connectivity index is 1.56. The molecular weight excluding hydrogens is 304 g/mol. The average Bonchev–Trinajstić information content (AvgIpc) is 2.92. The lowest BCUT2D eigenvalue weighted by Gasteiger charge is -2.36. The third-order valence-corrected chi connectivity index (χ3v) is 3.91. The van der Waals surface area contributed by atoms with Crippen molar-refractivity contribution in [1.82, 2.24) is 15.0 Å². The second kappa shape index (κ2) is 6.36. The number of carbonyl (C=O) groups excluding carboxylic acids is 1. The maximum atomic E-state index is 12.2. The molecule has 6 nitrogen and oxygen atoms in total. The minimum atomic E-state index is 0.0226. The molecule has 0 saturated carbocycles. The molecule has 0 unspecified atom stereocenters. The summed E-state index contributed by atoms with van der Waals surface area (Å²) in [5, 5.41) is 4.42. The first-order chi connectivity index (χ1) is 10.6. The zero-order valence-corrected chi connectivity index (χ0v) is 13.1. The summed E-state index contributed by atoms with van der Waals surface area (Å²) < 4.78 is 5.00. The van der Waals surface area contributed by atoms with Crippen molar-refractivity contribution in [2.45, 2.75) is 13.3 Å². The first-order valence-electron chi connectivity index (χ1n) is 7.19. The third-order valence-electron chi connectivity index (χ3n) is 3.68. The summed E-state index contributed by atoms with van der Waals surface area (Å²) >= 11 is 6.02. The lowest BCUT2D eigenvalue weighted by atomic mass is 10.2. The first kappa shape index (κ1) is 14.8. The molecule has 0 bridgehead atoms. The highest BCUT2D eigenvalue weighted by molar-refractivity contribution is 6.30. The lowest BCUT2D eigenvalue weighted by molar-refractivity contribution is -0.131. The van der Waals surface area contributed by atoms with E-state index in [1.54, 1.807) is 6.92 Å². The zero-order valence-electron chi connectivity index (χ0n) is 12.3. The van der Waals surface area contributed by atoms with Crippen LogP contribution in [0.1, 0.15) is 11.7 Å². The van der Waals surface area contributed by atoms with Gasteiger partial charge in [-0.15, -0.1) is 0 Å². The van der Waals surface area contributed by atoms with Crippen LogP contribution >= 0.6 is 11.6 Å². The quantitative estimate of drug-likeness (QED) is 0.864. The highest BCUT2D eigenvalue weighted by atomic mass is 35.5. The second-order valence-electron chi connectivity index (χ2n) is 5.26. The molecule has 7 heteroatoms. The summed E-state index contributed by atoms with van der Waals surface area (Å²) in [6, 6.07) is 7.77. The zero-order chi connectivity index (χ0) is 15.5. The Hall–Kier alpha value is -2.08. The van der Waals surface area contributed by atoms with Gasteiger partial charge in [0, 0.05) is 36.9 Å². The SMILES string of the molecule is Cc1noc(CC(=O)N2CCN(c3cccc(Cl)c3)CC2)n1. The second-order valence-corrected chi connectivity index (χ2v) is 5.70. The molecule has 1 saturated heterocycles. The number of nitrogens with zero attached hydrogens (tertiary/aromatic N) is 4. The number of aryl methyl sites for hydroxylation is 1. The summed E-state index contributed by atoms with van der Waals surface area (Å²) in [5.41, 5.74) is 1.09. The Kier molecular flexibility index (Phi) is 4.29. The van der Waals surface area contributed by atoms with Crippen molar-refractivity contribution >= 4 is 23.2 Å². The highest BCUT2D eigenvalue weighted by Gasteiger charge is 2.23. The minimum Gasteiger partial charge on any atom is -0.368 e. The topological polar surface area (TPSA) is 62.5 Å². The molecule has 0 atom stereocenters. The van der Waals surface area contributed by atoms with Crippen molar-refractivity contribution in [3.05, 3.63) is 41.0 Å². The van der Waals surface area contributed by atoms with E-state index in [4.69, 9.17) is 16.1 Å². The highest BCUT2D eigenvalue weighted by Crippen LogP contribution is 2.20. The summed E-state index contributed by atoms with van der Waals surface area (Å²) in [7, 11) is 0. The molecule has 2 aromatic rings. The van der Waals surface area contributed by atoms with E-state index < -0.39 is 0 Å². The maximum absolute atomic E-state index is 12.2. The van der Waals surface area contributed by atoms with Crippen LogP contribution in [0.4, 0.5) is 5.69 Å². The fourth-order valence-electron chi connectivity index (χ4n) is 2.54. The molecule has 0 N–H and O–H groups in total. The number of carbonyl (C=O) groups is 1. The number of hydrogen-bond acceptors (Lipinski definition) is 5. The number of amides is 1. The van der Waals surface area contributed by atoms with Gasteiger partial charge >= 0.3 is 0 Å². The van der Waals surface area contributed by atoms with Crippen molar-refractivity contribution in [3.8, 4) is 0 Å². The van der Waals surface area contributed by atoms with E-state index in [1.807, 2.05) is 29.2 Å². The van der Waals surface area contributed by atoms with Crippen molar-refractivity contribution in [3.63, 3.8) is 0 Å². The molecule has 0 radical (unpaired) electrons. The molecule has 1 aromatic heterocycles. The van der Waals surface area contributed by atoms with Crippen molar-refractivity contribution in [2.24, 2.45) is 0 Å². The fourth-order valence-corrected chi connectivity index (χ4v) is 2.72. The van der Waals surface area contributed by atoms with E-state index >= 15 is 0 Å². The van der Waals surface area contributed by atoms with Crippen molar-refractivity contribution < 1.29 is 9.32 Å². The Morgan fingerprint density at radius 3 is 2.73 bits per heavy atom. The fraction of sp³-hybridized carbons (Fsp3) is 0.400. The maximum Gasteiger partial charge on any atom is 0.236 e. The smallest absolute Gasteiger partial charge is 0.236 e. The van der Waals surface area contributed by atoms with Crippen molar-refractivity contribution in [1.29, 1.82) is 0 Å². The van der Waals surface area contributed by atoms with Crippen LogP contribution < -0.4 is 4.90 Å². The predicted octanol–water partition coefficient (Wildman–Crippen LogP) is 1.92. The molecule has 116 valence electrons. The minimum absolute atomic E-state index is 0.0226. The molecular formula is C15H17ClN4O2. The van der Waals surface area contributed by atoms with Crippen molar-refractivity contribution in [2.75, 3.05) is 31.1 Å². The van der Waals surface area contributed by atoms with Crippen LogP contribution in [0, 0.1) is 6.92 Å². The third kappa shape index (κ3) is 3.39. The average molecular weight is 321 g/mol. The van der Waals surface area contributed by atoms with Gasteiger partial charge < -0.3 is 14.3 Å².